The van der Waals surface area contributed by atoms with Gasteiger partial charge in [-0.25, -0.2) is 0 Å². The molecule has 130 valence electrons. The number of hydrogen-bond donors (Lipinski definition) is 2. The molecule has 0 radical (unpaired) electrons. The number of carbonyl (C=O) groups excluding carboxylic acids is 1. The van der Waals surface area contributed by atoms with Crippen molar-refractivity contribution in [2.45, 2.75) is 37.6 Å². The first-order chi connectivity index (χ1) is 10.6. The van der Waals surface area contributed by atoms with Gasteiger partial charge < -0.3 is 15.5 Å². The normalized spacial score (nSPS) is 16.2. The molecular formula is C18H30ClN3O. The molecule has 0 aromatic heterocycles. The highest BCUT2D eigenvalue weighted by atomic mass is 35.5. The maximum Gasteiger partial charge on any atom is 0.251 e. The molecule has 0 unspecified atom stereocenters. The maximum absolute atomic E-state index is 12.6. The van der Waals surface area contributed by atoms with E-state index in [9.17, 15) is 4.79 Å². The number of halogens is 1. The molecule has 0 bridgehead atoms. The number of nitrogens with one attached hydrogen (secondary N) is 2. The molecule has 0 aliphatic heterocycles. The summed E-state index contributed by atoms with van der Waals surface area (Å²) in [4.78, 5) is 14.9. The number of likely N-dealkylation sites (N-methyl/N-ethyl adjacent to an activating group) is 2. The standard InChI is InChI=1S/C18H29N3O.ClH/c1-19-13-10-15-8-4-5-9-16(15)17(22)20-14-18(21(2)3)11-6-7-12-18;/h4-5,8-9,19H,6-7,10-14H2,1-3H3,(H,20,22);1H. The molecule has 1 saturated carbocycles. The third-order valence-corrected chi connectivity index (χ3v) is 4.97. The van der Waals surface area contributed by atoms with E-state index >= 15 is 0 Å². The SMILES string of the molecule is CNCCc1ccccc1C(=O)NCC1(N(C)C)CCCC1.Cl. The average Bonchev–Trinajstić information content (AvgIpc) is 3.01. The van der Waals surface area contributed by atoms with Gasteiger partial charge in [0.1, 0.15) is 0 Å². The predicted molar refractivity (Wildman–Crippen MR) is 98.5 cm³/mol. The van der Waals surface area contributed by atoms with E-state index in [-0.39, 0.29) is 23.9 Å². The van der Waals surface area contributed by atoms with Crippen LogP contribution in [0, 0.1) is 0 Å². The lowest BCUT2D eigenvalue weighted by Crippen LogP contribution is -2.50. The summed E-state index contributed by atoms with van der Waals surface area (Å²) in [5.74, 6) is 0.0554. The zero-order chi connectivity index (χ0) is 16.0. The van der Waals surface area contributed by atoms with Crippen LogP contribution < -0.4 is 10.6 Å². The van der Waals surface area contributed by atoms with Crippen molar-refractivity contribution in [3.63, 3.8) is 0 Å². The average molecular weight is 340 g/mol. The molecule has 0 spiro atoms. The van der Waals surface area contributed by atoms with Crippen LogP contribution in [-0.4, -0.2) is 50.6 Å². The van der Waals surface area contributed by atoms with Gasteiger partial charge in [-0.3, -0.25) is 4.79 Å². The third kappa shape index (κ3) is 4.93. The van der Waals surface area contributed by atoms with E-state index in [1.165, 1.54) is 25.7 Å². The number of benzene rings is 1. The smallest absolute Gasteiger partial charge is 0.251 e. The molecule has 4 nitrogen and oxygen atoms in total. The molecule has 1 aromatic carbocycles. The second kappa shape index (κ2) is 9.26. The number of hydrogen-bond acceptors (Lipinski definition) is 3. The van der Waals surface area contributed by atoms with Gasteiger partial charge in [-0.05, 0) is 58.6 Å². The zero-order valence-corrected chi connectivity index (χ0v) is 15.3. The minimum Gasteiger partial charge on any atom is -0.350 e. The predicted octanol–water partition coefficient (Wildman–Crippen LogP) is 2.47. The second-order valence-corrected chi connectivity index (χ2v) is 6.52. The summed E-state index contributed by atoms with van der Waals surface area (Å²) in [6.07, 6.45) is 5.72. The van der Waals surface area contributed by atoms with Gasteiger partial charge in [0.15, 0.2) is 0 Å². The van der Waals surface area contributed by atoms with Gasteiger partial charge in [-0.15, -0.1) is 12.4 Å². The minimum atomic E-state index is 0. The summed E-state index contributed by atoms with van der Waals surface area (Å²) in [5, 5.41) is 6.32. The van der Waals surface area contributed by atoms with Crippen LogP contribution in [0.2, 0.25) is 0 Å². The first-order valence-electron chi connectivity index (χ1n) is 8.27. The van der Waals surface area contributed by atoms with Gasteiger partial charge >= 0.3 is 0 Å². The number of carbonyl (C=O) groups is 1. The van der Waals surface area contributed by atoms with Gasteiger partial charge in [0.25, 0.3) is 5.91 Å². The van der Waals surface area contributed by atoms with Crippen molar-refractivity contribution in [3.8, 4) is 0 Å². The Bertz CT molecular complexity index is 499. The lowest BCUT2D eigenvalue weighted by molar-refractivity contribution is 0.0899. The Labute approximate surface area is 146 Å². The van der Waals surface area contributed by atoms with Crippen LogP contribution in [0.4, 0.5) is 0 Å². The first kappa shape index (κ1) is 19.9. The fraction of sp³-hybridized carbons (Fsp3) is 0.611. The van der Waals surface area contributed by atoms with E-state index in [0.717, 1.165) is 30.6 Å². The summed E-state index contributed by atoms with van der Waals surface area (Å²) < 4.78 is 0. The van der Waals surface area contributed by atoms with Crippen molar-refractivity contribution in [3.05, 3.63) is 35.4 Å². The van der Waals surface area contributed by atoms with E-state index in [1.807, 2.05) is 31.3 Å². The van der Waals surface area contributed by atoms with Crippen molar-refractivity contribution < 1.29 is 4.79 Å². The second-order valence-electron chi connectivity index (χ2n) is 6.52. The first-order valence-corrected chi connectivity index (χ1v) is 8.27. The topological polar surface area (TPSA) is 44.4 Å². The van der Waals surface area contributed by atoms with Crippen LogP contribution in [0.15, 0.2) is 24.3 Å². The van der Waals surface area contributed by atoms with Crippen LogP contribution in [0.25, 0.3) is 0 Å². The Balaban J connectivity index is 0.00000264. The van der Waals surface area contributed by atoms with E-state index in [2.05, 4.69) is 29.6 Å². The van der Waals surface area contributed by atoms with Crippen LogP contribution in [0.5, 0.6) is 0 Å². The zero-order valence-electron chi connectivity index (χ0n) is 14.5. The molecule has 0 atom stereocenters. The van der Waals surface area contributed by atoms with E-state index in [4.69, 9.17) is 0 Å². The summed E-state index contributed by atoms with van der Waals surface area (Å²) in [6, 6.07) is 7.91. The summed E-state index contributed by atoms with van der Waals surface area (Å²) in [6.45, 7) is 1.62. The van der Waals surface area contributed by atoms with Gasteiger partial charge in [-0.1, -0.05) is 31.0 Å². The van der Waals surface area contributed by atoms with Crippen molar-refractivity contribution in [1.29, 1.82) is 0 Å². The van der Waals surface area contributed by atoms with Gasteiger partial charge in [-0.2, -0.15) is 0 Å². The van der Waals surface area contributed by atoms with E-state index in [1.54, 1.807) is 0 Å². The summed E-state index contributed by atoms with van der Waals surface area (Å²) in [7, 11) is 6.18. The molecule has 0 saturated heterocycles. The molecule has 0 heterocycles. The van der Waals surface area contributed by atoms with Crippen LogP contribution in [0.3, 0.4) is 0 Å². The quantitative estimate of drug-likeness (QED) is 0.802. The Morgan fingerprint density at radius 3 is 2.48 bits per heavy atom. The molecule has 5 heteroatoms. The minimum absolute atomic E-state index is 0. The fourth-order valence-electron chi connectivity index (χ4n) is 3.37. The lowest BCUT2D eigenvalue weighted by atomic mass is 9.95. The highest BCUT2D eigenvalue weighted by molar-refractivity contribution is 5.95. The van der Waals surface area contributed by atoms with E-state index in [0.29, 0.717) is 0 Å². The third-order valence-electron chi connectivity index (χ3n) is 4.97. The Hall–Kier alpha value is -1.10. The highest BCUT2D eigenvalue weighted by Crippen LogP contribution is 2.33. The van der Waals surface area contributed by atoms with Gasteiger partial charge in [0.2, 0.25) is 0 Å². The Kier molecular flexibility index (Phi) is 8.03. The molecule has 1 aromatic rings. The molecular weight excluding hydrogens is 310 g/mol. The monoisotopic (exact) mass is 339 g/mol. The number of amides is 1. The maximum atomic E-state index is 12.6. The van der Waals surface area contributed by atoms with Crippen LogP contribution >= 0.6 is 12.4 Å². The fourth-order valence-corrected chi connectivity index (χ4v) is 3.37. The van der Waals surface area contributed by atoms with Crippen molar-refractivity contribution >= 4 is 18.3 Å². The molecule has 1 aliphatic carbocycles. The molecule has 2 N–H and O–H groups in total. The number of nitrogens with zero attached hydrogens (tertiary/aromatic N) is 1. The summed E-state index contributed by atoms with van der Waals surface area (Å²) >= 11 is 0. The molecule has 2 rings (SSSR count). The molecule has 1 amide bonds. The number of rotatable bonds is 7. The lowest BCUT2D eigenvalue weighted by Gasteiger charge is -2.36. The van der Waals surface area contributed by atoms with Crippen molar-refractivity contribution in [2.24, 2.45) is 0 Å². The Morgan fingerprint density at radius 1 is 1.22 bits per heavy atom. The van der Waals surface area contributed by atoms with Crippen LogP contribution in [0.1, 0.15) is 41.6 Å². The van der Waals surface area contributed by atoms with Gasteiger partial charge in [0, 0.05) is 17.6 Å². The van der Waals surface area contributed by atoms with E-state index < -0.39 is 0 Å². The largest absolute Gasteiger partial charge is 0.350 e. The highest BCUT2D eigenvalue weighted by Gasteiger charge is 2.36. The van der Waals surface area contributed by atoms with Crippen molar-refractivity contribution in [2.75, 3.05) is 34.2 Å². The van der Waals surface area contributed by atoms with Crippen molar-refractivity contribution in [1.82, 2.24) is 15.5 Å². The molecule has 1 fully saturated rings. The molecule has 1 aliphatic rings. The van der Waals surface area contributed by atoms with Gasteiger partial charge in [0.05, 0.1) is 0 Å². The van der Waals surface area contributed by atoms with Crippen LogP contribution in [-0.2, 0) is 6.42 Å². The molecule has 23 heavy (non-hydrogen) atoms. The summed E-state index contributed by atoms with van der Waals surface area (Å²) in [5.41, 5.74) is 2.06. The Morgan fingerprint density at radius 2 is 1.87 bits per heavy atom.